The summed E-state index contributed by atoms with van der Waals surface area (Å²) in [5, 5.41) is 8.67. The first-order valence-corrected chi connectivity index (χ1v) is 26.3. The summed E-state index contributed by atoms with van der Waals surface area (Å²) in [6.07, 6.45) is -54.8. The lowest BCUT2D eigenvalue weighted by atomic mass is 9.12. The van der Waals surface area contributed by atoms with Gasteiger partial charge in [0.15, 0.2) is 6.54 Å². The molecule has 472 valence electrons. The topological polar surface area (TPSA) is 13.1 Å². The third kappa shape index (κ3) is 13.1. The summed E-state index contributed by atoms with van der Waals surface area (Å²) in [5.74, 6) is 1.71. The number of para-hydroxylation sites is 1. The molecule has 0 radical (unpaired) electrons. The van der Waals surface area contributed by atoms with E-state index in [2.05, 4.69) is 126 Å². The first kappa shape index (κ1) is 64.8. The van der Waals surface area contributed by atoms with Gasteiger partial charge in [0.25, 0.3) is 0 Å². The maximum atomic E-state index is 14.2. The minimum Gasteiger partial charge on any atom is -0.404 e. The molecule has 0 bridgehead atoms. The molecule has 91 heavy (non-hydrogen) atoms. The molecule has 0 saturated carbocycles. The van der Waals surface area contributed by atoms with E-state index in [9.17, 15) is 105 Å². The molecule has 0 N–H and O–H groups in total. The van der Waals surface area contributed by atoms with E-state index in [1.165, 1.54) is 37.9 Å². The zero-order valence-electron chi connectivity index (χ0n) is 45.2. The molecule has 0 fully saturated rings. The lowest BCUT2D eigenvalue weighted by Crippen LogP contribution is -2.75. The second kappa shape index (κ2) is 22.6. The van der Waals surface area contributed by atoms with Gasteiger partial charge in [-0.1, -0.05) is 133 Å². The van der Waals surface area contributed by atoms with Crippen molar-refractivity contribution in [3.8, 4) is 11.6 Å². The Balaban J connectivity index is 0.000000224. The largest absolute Gasteiger partial charge is 0.416 e. The Hall–Kier alpha value is -9.17. The van der Waals surface area contributed by atoms with Crippen molar-refractivity contribution < 1.29 is 115 Å². The number of benzene rings is 10. The van der Waals surface area contributed by atoms with Crippen LogP contribution in [0.25, 0.3) is 43.2 Å². The van der Waals surface area contributed by atoms with Crippen molar-refractivity contribution in [1.82, 2.24) is 0 Å². The van der Waals surface area contributed by atoms with E-state index in [0.29, 0.717) is 0 Å². The Morgan fingerprint density at radius 1 is 0.286 bits per heavy atom. The van der Waals surface area contributed by atoms with Crippen LogP contribution in [-0.4, -0.2) is 6.15 Å². The highest BCUT2D eigenvalue weighted by atomic mass is 19.4. The molecular formula is C64H34BF24NO. The van der Waals surface area contributed by atoms with E-state index in [1.807, 2.05) is 0 Å². The fourth-order valence-corrected chi connectivity index (χ4v) is 11.2. The van der Waals surface area contributed by atoms with E-state index in [1.54, 1.807) is 0 Å². The average Bonchev–Trinajstić information content (AvgIpc) is 0.720. The minimum atomic E-state index is -6.13. The van der Waals surface area contributed by atoms with Crippen LogP contribution in [0.4, 0.5) is 105 Å². The van der Waals surface area contributed by atoms with Crippen molar-refractivity contribution in [3.63, 3.8) is 0 Å². The molecule has 0 aliphatic carbocycles. The van der Waals surface area contributed by atoms with Crippen LogP contribution in [-0.2, 0) is 56.0 Å². The summed E-state index contributed by atoms with van der Waals surface area (Å²) >= 11 is 0. The highest BCUT2D eigenvalue weighted by molar-refractivity contribution is 7.20. The van der Waals surface area contributed by atoms with Crippen LogP contribution >= 0.6 is 0 Å². The fourth-order valence-electron chi connectivity index (χ4n) is 11.2. The average molecular weight is 1300 g/mol. The molecule has 10 aromatic carbocycles. The zero-order chi connectivity index (χ0) is 66.4. The molecule has 2 nitrogen and oxygen atoms in total. The van der Waals surface area contributed by atoms with Crippen LogP contribution in [0.3, 0.4) is 0 Å². The van der Waals surface area contributed by atoms with Gasteiger partial charge < -0.3 is 4.74 Å². The number of ether oxygens (including phenoxy) is 1. The normalized spacial score (nSPS) is 13.3. The summed E-state index contributed by atoms with van der Waals surface area (Å²) < 4.78 is 350. The second-order valence-corrected chi connectivity index (χ2v) is 21.0. The highest BCUT2D eigenvalue weighted by Gasteiger charge is 2.47. The molecule has 11 aromatic rings. The summed E-state index contributed by atoms with van der Waals surface area (Å²) in [6, 6.07) is 34.0. The molecule has 0 unspecified atom stereocenters. The quantitative estimate of drug-likeness (QED) is 0.0640. The number of alkyl halides is 24. The van der Waals surface area contributed by atoms with E-state index < -0.39 is 195 Å². The second-order valence-electron chi connectivity index (χ2n) is 21.0. The van der Waals surface area contributed by atoms with Gasteiger partial charge in [-0.25, -0.2) is 0 Å². The third-order valence-corrected chi connectivity index (χ3v) is 15.2. The molecule has 0 amide bonds. The van der Waals surface area contributed by atoms with E-state index >= 15 is 0 Å². The van der Waals surface area contributed by atoms with E-state index in [-0.39, 0.29) is 0 Å². The van der Waals surface area contributed by atoms with Gasteiger partial charge in [-0.2, -0.15) is 132 Å². The van der Waals surface area contributed by atoms with Crippen LogP contribution < -0.4 is 31.2 Å². The fraction of sp³-hybridized carbons (Fsp3) is 0.141. The van der Waals surface area contributed by atoms with Crippen LogP contribution in [0.1, 0.15) is 50.1 Å². The number of aromatic nitrogens is 1. The van der Waals surface area contributed by atoms with Crippen molar-refractivity contribution in [2.24, 2.45) is 0 Å². The lowest BCUT2D eigenvalue weighted by molar-refractivity contribution is -0.666. The van der Waals surface area contributed by atoms with Crippen LogP contribution in [0, 0.1) is 0 Å². The Kier molecular flexibility index (Phi) is 16.1. The number of hydrogen-bond donors (Lipinski definition) is 0. The van der Waals surface area contributed by atoms with Crippen molar-refractivity contribution in [2.75, 3.05) is 0 Å². The van der Waals surface area contributed by atoms with Gasteiger partial charge in [-0.05, 0) is 70.1 Å². The molecule has 0 atom stereocenters. The molecule has 11 rings (SSSR count). The van der Waals surface area contributed by atoms with Crippen molar-refractivity contribution in [3.05, 3.63) is 244 Å². The maximum absolute atomic E-state index is 14.2. The van der Waals surface area contributed by atoms with Gasteiger partial charge in [-0.15, -0.1) is 0 Å². The number of halogens is 24. The standard InChI is InChI=1S/C32H12BF24.C32H22NO/c34-25(35,36)13-1-14(26(37,38)39)6-21(5-13)33(22-7-15(27(40,41)42)2-16(8-22)28(43,44)45,23-9-17(29(46,47)48)3-18(10-23)30(49,50)51)24-11-19(31(52,53)54)4-20(12-24)32(55,56)57;1-2-7-22(8-3-1)21-33-28-12-5-4-9-23(28)17-20-30(33)34-29-19-16-26-14-13-24-10-6-11-25-15-18-27(29)32(26)31(24)25/h1-12H;1-20H,21H2/q-1;+1. The van der Waals surface area contributed by atoms with E-state index in [0.717, 1.165) is 29.1 Å². The SMILES string of the molecule is FC(F)(F)c1cc([B-](c2cc(C(F)(F)F)cc(C(F)(F)F)c2)(c2cc(C(F)(F)F)cc(C(F)(F)F)c2)c2cc(C(F)(F)F)cc(C(F)(F)F)c2)cc(C(F)(F)F)c1.c1ccc(C[n+]2c(Oc3ccc4ccc5cccc6ccc3c4c56)ccc3ccccc32)cc1. The molecular weight excluding hydrogens is 1270 g/mol. The zero-order valence-corrected chi connectivity index (χ0v) is 45.2. The number of pyridine rings is 1. The lowest BCUT2D eigenvalue weighted by Gasteiger charge is -2.46. The molecule has 1 aromatic heterocycles. The molecule has 0 spiro atoms. The van der Waals surface area contributed by atoms with Crippen LogP contribution in [0.2, 0.25) is 0 Å². The van der Waals surface area contributed by atoms with Gasteiger partial charge in [0.1, 0.15) is 11.9 Å². The summed E-state index contributed by atoms with van der Waals surface area (Å²) in [6.45, 7) is 0.739. The van der Waals surface area contributed by atoms with Gasteiger partial charge >= 0.3 is 55.3 Å². The predicted octanol–water partition coefficient (Wildman–Crippen LogP) is 19.1. The third-order valence-electron chi connectivity index (χ3n) is 15.2. The smallest absolute Gasteiger partial charge is 0.404 e. The predicted molar refractivity (Wildman–Crippen MR) is 290 cm³/mol. The Labute approximate surface area is 496 Å². The van der Waals surface area contributed by atoms with Gasteiger partial charge in [-0.3, -0.25) is 0 Å². The van der Waals surface area contributed by atoms with Gasteiger partial charge in [0.2, 0.25) is 5.52 Å². The number of nitrogens with zero attached hydrogens (tertiary/aromatic N) is 1. The molecule has 0 saturated heterocycles. The Morgan fingerprint density at radius 3 is 0.967 bits per heavy atom. The summed E-state index contributed by atoms with van der Waals surface area (Å²) in [7, 11) is 0. The number of hydrogen-bond acceptors (Lipinski definition) is 1. The first-order valence-electron chi connectivity index (χ1n) is 26.3. The number of fused-ring (bicyclic) bond motifs is 1. The van der Waals surface area contributed by atoms with Gasteiger partial charge in [0.05, 0.1) is 50.6 Å². The molecule has 0 aliphatic rings. The first-order chi connectivity index (χ1) is 42.1. The summed E-state index contributed by atoms with van der Waals surface area (Å²) in [4.78, 5) is 0. The van der Waals surface area contributed by atoms with Crippen LogP contribution in [0.15, 0.2) is 194 Å². The molecule has 27 heteroatoms. The minimum absolute atomic E-state index is 0.691. The molecule has 0 aliphatic heterocycles. The van der Waals surface area contributed by atoms with Crippen molar-refractivity contribution in [2.45, 2.75) is 56.0 Å². The number of rotatable bonds is 8. The van der Waals surface area contributed by atoms with Crippen molar-refractivity contribution in [1.29, 1.82) is 0 Å². The Bertz CT molecular complexity index is 4080. The molecule has 1 heterocycles. The van der Waals surface area contributed by atoms with Crippen molar-refractivity contribution >= 4 is 71.2 Å². The monoisotopic (exact) mass is 1300 g/mol. The van der Waals surface area contributed by atoms with Crippen LogP contribution in [0.5, 0.6) is 11.6 Å². The maximum Gasteiger partial charge on any atom is 0.416 e. The van der Waals surface area contributed by atoms with Gasteiger partial charge in [0, 0.05) is 27.8 Å². The van der Waals surface area contributed by atoms with E-state index in [4.69, 9.17) is 4.74 Å². The highest BCUT2D eigenvalue weighted by Crippen LogP contribution is 2.44. The Morgan fingerprint density at radius 2 is 0.593 bits per heavy atom. The summed E-state index contributed by atoms with van der Waals surface area (Å²) in [5.41, 5.74) is -27.8.